The van der Waals surface area contributed by atoms with Gasteiger partial charge >= 0.3 is 0 Å². The number of rotatable bonds is 6. The minimum absolute atomic E-state index is 0.323. The summed E-state index contributed by atoms with van der Waals surface area (Å²) in [7, 11) is 0. The monoisotopic (exact) mass is 236 g/mol. The van der Waals surface area contributed by atoms with Gasteiger partial charge in [0, 0.05) is 18.2 Å². The Hall–Kier alpha value is -1.42. The molecular formula is C13H17FN2O. The average molecular weight is 236 g/mol. The number of nitrogens with zero attached hydrogens (tertiary/aromatic N) is 1. The van der Waals surface area contributed by atoms with Crippen LogP contribution in [0.2, 0.25) is 0 Å². The van der Waals surface area contributed by atoms with Crippen LogP contribution < -0.4 is 10.1 Å². The molecular weight excluding hydrogens is 219 g/mol. The average Bonchev–Trinajstić information content (AvgIpc) is 3.13. The SMILES string of the molecule is C/C=C/COc1ncc(F)cc1CNC1CC1. The fourth-order valence-electron chi connectivity index (χ4n) is 1.49. The first-order valence-corrected chi connectivity index (χ1v) is 5.91. The van der Waals surface area contributed by atoms with Crippen molar-refractivity contribution >= 4 is 0 Å². The second-order valence-electron chi connectivity index (χ2n) is 4.15. The molecule has 0 atom stereocenters. The van der Waals surface area contributed by atoms with Crippen LogP contribution in [0.25, 0.3) is 0 Å². The van der Waals surface area contributed by atoms with Gasteiger partial charge in [-0.2, -0.15) is 0 Å². The lowest BCUT2D eigenvalue weighted by Gasteiger charge is -2.09. The molecule has 17 heavy (non-hydrogen) atoms. The first-order chi connectivity index (χ1) is 8.29. The van der Waals surface area contributed by atoms with Crippen molar-refractivity contribution in [3.8, 4) is 5.88 Å². The molecule has 0 unspecified atom stereocenters. The Balaban J connectivity index is 2.00. The molecule has 2 rings (SSSR count). The first-order valence-electron chi connectivity index (χ1n) is 5.91. The van der Waals surface area contributed by atoms with Crippen LogP contribution in [0.15, 0.2) is 24.4 Å². The first kappa shape index (κ1) is 12.0. The van der Waals surface area contributed by atoms with Gasteiger partial charge in [0.05, 0.1) is 6.20 Å². The number of halogens is 1. The van der Waals surface area contributed by atoms with Crippen molar-refractivity contribution in [2.45, 2.75) is 32.4 Å². The molecule has 1 saturated carbocycles. The van der Waals surface area contributed by atoms with Crippen LogP contribution in [0.5, 0.6) is 5.88 Å². The lowest BCUT2D eigenvalue weighted by atomic mass is 10.2. The molecule has 1 aromatic heterocycles. The Kier molecular flexibility index (Phi) is 4.09. The highest BCUT2D eigenvalue weighted by Crippen LogP contribution is 2.21. The predicted molar refractivity (Wildman–Crippen MR) is 64.4 cm³/mol. The van der Waals surface area contributed by atoms with E-state index in [0.29, 0.717) is 25.1 Å². The second kappa shape index (κ2) is 5.77. The van der Waals surface area contributed by atoms with Gasteiger partial charge in [-0.3, -0.25) is 0 Å². The van der Waals surface area contributed by atoms with Gasteiger partial charge in [-0.15, -0.1) is 0 Å². The molecule has 1 aliphatic rings. The third kappa shape index (κ3) is 3.82. The van der Waals surface area contributed by atoms with E-state index in [2.05, 4.69) is 10.3 Å². The molecule has 0 saturated heterocycles. The van der Waals surface area contributed by atoms with Gasteiger partial charge in [-0.1, -0.05) is 12.2 Å². The Labute approximate surface area is 101 Å². The van der Waals surface area contributed by atoms with Gasteiger partial charge in [-0.25, -0.2) is 9.37 Å². The highest BCUT2D eigenvalue weighted by atomic mass is 19.1. The van der Waals surface area contributed by atoms with Crippen LogP contribution in [-0.2, 0) is 6.54 Å². The van der Waals surface area contributed by atoms with E-state index in [1.165, 1.54) is 25.1 Å². The van der Waals surface area contributed by atoms with E-state index in [-0.39, 0.29) is 5.82 Å². The number of aromatic nitrogens is 1. The predicted octanol–water partition coefficient (Wildman–Crippen LogP) is 2.43. The normalized spacial score (nSPS) is 15.4. The standard InChI is InChI=1S/C13H17FN2O/c1-2-3-6-17-13-10(7-11(14)9-16-13)8-15-12-4-5-12/h2-3,7,9,12,15H,4-6,8H2,1H3/b3-2+. The summed E-state index contributed by atoms with van der Waals surface area (Å²) in [5.74, 6) is 0.189. The van der Waals surface area contributed by atoms with Crippen molar-refractivity contribution < 1.29 is 9.13 Å². The number of pyridine rings is 1. The summed E-state index contributed by atoms with van der Waals surface area (Å²) in [5, 5.41) is 3.33. The molecule has 1 heterocycles. The fourth-order valence-corrected chi connectivity index (χ4v) is 1.49. The number of hydrogen-bond acceptors (Lipinski definition) is 3. The maximum absolute atomic E-state index is 13.1. The van der Waals surface area contributed by atoms with E-state index in [1.807, 2.05) is 19.1 Å². The molecule has 92 valence electrons. The van der Waals surface area contributed by atoms with Gasteiger partial charge < -0.3 is 10.1 Å². The van der Waals surface area contributed by atoms with Crippen LogP contribution in [0.1, 0.15) is 25.3 Å². The minimum Gasteiger partial charge on any atom is -0.473 e. The molecule has 0 amide bonds. The Morgan fingerprint density at radius 3 is 3.12 bits per heavy atom. The van der Waals surface area contributed by atoms with Crippen LogP contribution >= 0.6 is 0 Å². The van der Waals surface area contributed by atoms with Crippen molar-refractivity contribution in [3.05, 3.63) is 35.8 Å². The van der Waals surface area contributed by atoms with E-state index in [1.54, 1.807) is 0 Å². The maximum Gasteiger partial charge on any atom is 0.218 e. The maximum atomic E-state index is 13.1. The molecule has 4 heteroatoms. The molecule has 3 nitrogen and oxygen atoms in total. The van der Waals surface area contributed by atoms with Gasteiger partial charge in [0.1, 0.15) is 12.4 Å². The molecule has 0 spiro atoms. The third-order valence-electron chi connectivity index (χ3n) is 2.60. The zero-order chi connectivity index (χ0) is 12.1. The minimum atomic E-state index is -0.323. The Bertz CT molecular complexity index is 402. The Morgan fingerprint density at radius 2 is 2.41 bits per heavy atom. The van der Waals surface area contributed by atoms with Crippen LogP contribution in [0, 0.1) is 5.82 Å². The van der Waals surface area contributed by atoms with Crippen molar-refractivity contribution in [2.75, 3.05) is 6.61 Å². The van der Waals surface area contributed by atoms with Crippen molar-refractivity contribution in [2.24, 2.45) is 0 Å². The van der Waals surface area contributed by atoms with Gasteiger partial charge in [0.15, 0.2) is 0 Å². The summed E-state index contributed by atoms with van der Waals surface area (Å²) < 4.78 is 18.6. The molecule has 0 aromatic carbocycles. The number of ether oxygens (including phenoxy) is 1. The highest BCUT2D eigenvalue weighted by Gasteiger charge is 2.21. The highest BCUT2D eigenvalue weighted by molar-refractivity contribution is 5.26. The van der Waals surface area contributed by atoms with E-state index in [4.69, 9.17) is 4.74 Å². The molecule has 0 bridgehead atoms. The number of hydrogen-bond donors (Lipinski definition) is 1. The molecule has 1 N–H and O–H groups in total. The van der Waals surface area contributed by atoms with E-state index in [9.17, 15) is 4.39 Å². The molecule has 0 radical (unpaired) electrons. The van der Waals surface area contributed by atoms with Crippen molar-refractivity contribution in [1.29, 1.82) is 0 Å². The molecule has 1 aromatic rings. The largest absolute Gasteiger partial charge is 0.473 e. The molecule has 1 fully saturated rings. The number of allylic oxidation sites excluding steroid dienone is 1. The summed E-state index contributed by atoms with van der Waals surface area (Å²) >= 11 is 0. The number of nitrogens with one attached hydrogen (secondary N) is 1. The van der Waals surface area contributed by atoms with Gasteiger partial charge in [0.2, 0.25) is 5.88 Å². The summed E-state index contributed by atoms with van der Waals surface area (Å²) in [6.07, 6.45) is 7.40. The summed E-state index contributed by atoms with van der Waals surface area (Å²) in [4.78, 5) is 3.98. The van der Waals surface area contributed by atoms with Crippen LogP contribution in [-0.4, -0.2) is 17.6 Å². The van der Waals surface area contributed by atoms with E-state index < -0.39 is 0 Å². The van der Waals surface area contributed by atoms with E-state index >= 15 is 0 Å². The molecule has 1 aliphatic carbocycles. The molecule has 0 aliphatic heterocycles. The van der Waals surface area contributed by atoms with Crippen molar-refractivity contribution in [3.63, 3.8) is 0 Å². The topological polar surface area (TPSA) is 34.1 Å². The van der Waals surface area contributed by atoms with Crippen molar-refractivity contribution in [1.82, 2.24) is 10.3 Å². The van der Waals surface area contributed by atoms with Gasteiger partial charge in [-0.05, 0) is 25.8 Å². The summed E-state index contributed by atoms with van der Waals surface area (Å²) in [6, 6.07) is 2.06. The quantitative estimate of drug-likeness (QED) is 0.770. The Morgan fingerprint density at radius 1 is 1.59 bits per heavy atom. The van der Waals surface area contributed by atoms with E-state index in [0.717, 1.165) is 5.56 Å². The second-order valence-corrected chi connectivity index (χ2v) is 4.15. The lowest BCUT2D eigenvalue weighted by Crippen LogP contribution is -2.16. The van der Waals surface area contributed by atoms with Gasteiger partial charge in [0.25, 0.3) is 0 Å². The zero-order valence-electron chi connectivity index (χ0n) is 9.95. The summed E-state index contributed by atoms with van der Waals surface area (Å²) in [5.41, 5.74) is 0.779. The fraction of sp³-hybridized carbons (Fsp3) is 0.462. The van der Waals surface area contributed by atoms with Crippen LogP contribution in [0.3, 0.4) is 0 Å². The summed E-state index contributed by atoms with van der Waals surface area (Å²) in [6.45, 7) is 3.00. The van der Waals surface area contributed by atoms with Crippen LogP contribution in [0.4, 0.5) is 4.39 Å². The third-order valence-corrected chi connectivity index (χ3v) is 2.60. The smallest absolute Gasteiger partial charge is 0.218 e. The zero-order valence-corrected chi connectivity index (χ0v) is 9.95. The lowest BCUT2D eigenvalue weighted by molar-refractivity contribution is 0.341.